The molecule has 0 unspecified atom stereocenters. The summed E-state index contributed by atoms with van der Waals surface area (Å²) >= 11 is 6.41. The normalized spacial score (nSPS) is 10.7. The number of halogens is 1. The Morgan fingerprint density at radius 2 is 1.50 bits per heavy atom. The van der Waals surface area contributed by atoms with E-state index in [1.54, 1.807) is 7.11 Å². The number of methoxy groups -OCH3 is 1. The average molecular weight is 362 g/mol. The summed E-state index contributed by atoms with van der Waals surface area (Å²) < 4.78 is 11.0. The van der Waals surface area contributed by atoms with Gasteiger partial charge in [0, 0.05) is 11.1 Å². The van der Waals surface area contributed by atoms with Gasteiger partial charge in [-0.1, -0.05) is 65.3 Å². The SMILES string of the molecule is COc1ccc(-c2onc(-c3ccccc3Cl)c2-c2ccccc2)cc1. The third kappa shape index (κ3) is 2.98. The van der Waals surface area contributed by atoms with Crippen LogP contribution in [0.5, 0.6) is 5.75 Å². The van der Waals surface area contributed by atoms with Gasteiger partial charge in [0.2, 0.25) is 0 Å². The number of nitrogens with zero attached hydrogens (tertiary/aromatic N) is 1. The van der Waals surface area contributed by atoms with Crippen LogP contribution in [-0.2, 0) is 0 Å². The Kier molecular flexibility index (Phi) is 4.46. The van der Waals surface area contributed by atoms with Crippen LogP contribution in [0.4, 0.5) is 0 Å². The number of benzene rings is 3. The first-order chi connectivity index (χ1) is 12.8. The van der Waals surface area contributed by atoms with Crippen molar-refractivity contribution < 1.29 is 9.26 Å². The fourth-order valence-electron chi connectivity index (χ4n) is 2.94. The van der Waals surface area contributed by atoms with Crippen LogP contribution in [0.25, 0.3) is 33.7 Å². The van der Waals surface area contributed by atoms with Crippen LogP contribution >= 0.6 is 11.6 Å². The molecule has 0 saturated heterocycles. The van der Waals surface area contributed by atoms with Crippen LogP contribution in [0, 0.1) is 0 Å². The lowest BCUT2D eigenvalue weighted by atomic mass is 9.96. The van der Waals surface area contributed by atoms with E-state index in [1.165, 1.54) is 0 Å². The smallest absolute Gasteiger partial charge is 0.175 e. The maximum absolute atomic E-state index is 6.41. The summed E-state index contributed by atoms with van der Waals surface area (Å²) in [5.74, 6) is 1.50. The zero-order valence-electron chi connectivity index (χ0n) is 14.1. The van der Waals surface area contributed by atoms with E-state index in [0.29, 0.717) is 10.8 Å². The van der Waals surface area contributed by atoms with Gasteiger partial charge in [-0.3, -0.25) is 0 Å². The van der Waals surface area contributed by atoms with Crippen molar-refractivity contribution in [2.45, 2.75) is 0 Å². The summed E-state index contributed by atoms with van der Waals surface area (Å²) in [6.07, 6.45) is 0. The van der Waals surface area contributed by atoms with Crippen molar-refractivity contribution in [2.24, 2.45) is 0 Å². The first-order valence-corrected chi connectivity index (χ1v) is 8.60. The van der Waals surface area contributed by atoms with Crippen LogP contribution in [-0.4, -0.2) is 12.3 Å². The largest absolute Gasteiger partial charge is 0.497 e. The summed E-state index contributed by atoms with van der Waals surface area (Å²) in [4.78, 5) is 0. The van der Waals surface area contributed by atoms with E-state index in [1.807, 2.05) is 78.9 Å². The lowest BCUT2D eigenvalue weighted by Crippen LogP contribution is -1.86. The molecular formula is C22H16ClNO2. The van der Waals surface area contributed by atoms with Gasteiger partial charge in [0.15, 0.2) is 5.76 Å². The molecule has 26 heavy (non-hydrogen) atoms. The van der Waals surface area contributed by atoms with Crippen LogP contribution in [0.15, 0.2) is 83.4 Å². The zero-order chi connectivity index (χ0) is 17.9. The lowest BCUT2D eigenvalue weighted by Gasteiger charge is -2.07. The number of aromatic nitrogens is 1. The van der Waals surface area contributed by atoms with Gasteiger partial charge in [0.1, 0.15) is 11.4 Å². The van der Waals surface area contributed by atoms with E-state index in [0.717, 1.165) is 33.7 Å². The maximum atomic E-state index is 6.41. The molecule has 128 valence electrons. The molecule has 1 heterocycles. The summed E-state index contributed by atoms with van der Waals surface area (Å²) in [7, 11) is 1.65. The quantitative estimate of drug-likeness (QED) is 0.425. The number of hydrogen-bond acceptors (Lipinski definition) is 3. The fourth-order valence-corrected chi connectivity index (χ4v) is 3.16. The summed E-state index contributed by atoms with van der Waals surface area (Å²) in [5, 5.41) is 4.99. The van der Waals surface area contributed by atoms with Gasteiger partial charge in [-0.2, -0.15) is 0 Å². The Morgan fingerprint density at radius 1 is 0.808 bits per heavy atom. The van der Waals surface area contributed by atoms with Crippen molar-refractivity contribution in [3.63, 3.8) is 0 Å². The predicted molar refractivity (Wildman–Crippen MR) is 104 cm³/mol. The predicted octanol–water partition coefficient (Wildman–Crippen LogP) is 6.34. The molecule has 0 spiro atoms. The lowest BCUT2D eigenvalue weighted by molar-refractivity contribution is 0.414. The van der Waals surface area contributed by atoms with Crippen LogP contribution in [0.1, 0.15) is 0 Å². The number of hydrogen-bond donors (Lipinski definition) is 0. The van der Waals surface area contributed by atoms with Crippen molar-refractivity contribution in [3.05, 3.63) is 83.9 Å². The maximum Gasteiger partial charge on any atom is 0.175 e. The van der Waals surface area contributed by atoms with E-state index in [2.05, 4.69) is 5.16 Å². The van der Waals surface area contributed by atoms with E-state index in [9.17, 15) is 0 Å². The van der Waals surface area contributed by atoms with Gasteiger partial charge in [-0.25, -0.2) is 0 Å². The third-order valence-electron chi connectivity index (χ3n) is 4.24. The first-order valence-electron chi connectivity index (χ1n) is 8.22. The minimum absolute atomic E-state index is 0.638. The first kappa shape index (κ1) is 16.4. The summed E-state index contributed by atoms with van der Waals surface area (Å²) in [5.41, 5.74) is 4.44. The minimum atomic E-state index is 0.638. The van der Waals surface area contributed by atoms with Crippen LogP contribution in [0.3, 0.4) is 0 Å². The number of ether oxygens (including phenoxy) is 1. The molecule has 1 aromatic heterocycles. The molecule has 0 aliphatic rings. The number of rotatable bonds is 4. The zero-order valence-corrected chi connectivity index (χ0v) is 14.9. The van der Waals surface area contributed by atoms with Crippen molar-refractivity contribution in [1.82, 2.24) is 5.16 Å². The molecule has 0 saturated carbocycles. The second kappa shape index (κ2) is 7.06. The molecule has 3 nitrogen and oxygen atoms in total. The monoisotopic (exact) mass is 361 g/mol. The standard InChI is InChI=1S/C22H16ClNO2/c1-25-17-13-11-16(12-14-17)22-20(15-7-3-2-4-8-15)21(24-26-22)18-9-5-6-10-19(18)23/h2-14H,1H3. The average Bonchev–Trinajstić information content (AvgIpc) is 3.14. The topological polar surface area (TPSA) is 35.3 Å². The van der Waals surface area contributed by atoms with Crippen molar-refractivity contribution in [2.75, 3.05) is 7.11 Å². The fraction of sp³-hybridized carbons (Fsp3) is 0.0455. The molecule has 0 amide bonds. The van der Waals surface area contributed by atoms with E-state index >= 15 is 0 Å². The molecule has 0 aliphatic heterocycles. The Bertz CT molecular complexity index is 1020. The van der Waals surface area contributed by atoms with Gasteiger partial charge in [-0.15, -0.1) is 0 Å². The highest BCUT2D eigenvalue weighted by atomic mass is 35.5. The third-order valence-corrected chi connectivity index (χ3v) is 4.57. The molecule has 0 N–H and O–H groups in total. The molecule has 0 bridgehead atoms. The van der Waals surface area contributed by atoms with Crippen molar-refractivity contribution in [3.8, 4) is 39.5 Å². The van der Waals surface area contributed by atoms with Gasteiger partial charge < -0.3 is 9.26 Å². The van der Waals surface area contributed by atoms with Crippen LogP contribution in [0.2, 0.25) is 5.02 Å². The molecule has 0 aliphatic carbocycles. The highest BCUT2D eigenvalue weighted by Crippen LogP contribution is 2.41. The van der Waals surface area contributed by atoms with E-state index < -0.39 is 0 Å². The van der Waals surface area contributed by atoms with Crippen LogP contribution < -0.4 is 4.74 Å². The van der Waals surface area contributed by atoms with E-state index in [-0.39, 0.29) is 0 Å². The Hall–Kier alpha value is -3.04. The Morgan fingerprint density at radius 3 is 2.19 bits per heavy atom. The summed E-state index contributed by atoms with van der Waals surface area (Å²) in [6, 6.07) is 25.4. The molecular weight excluding hydrogens is 346 g/mol. The highest BCUT2D eigenvalue weighted by molar-refractivity contribution is 6.33. The molecule has 0 atom stereocenters. The molecule has 0 fully saturated rings. The van der Waals surface area contributed by atoms with Gasteiger partial charge in [0.05, 0.1) is 17.7 Å². The molecule has 3 aromatic carbocycles. The van der Waals surface area contributed by atoms with Crippen molar-refractivity contribution >= 4 is 11.6 Å². The highest BCUT2D eigenvalue weighted by Gasteiger charge is 2.21. The minimum Gasteiger partial charge on any atom is -0.497 e. The van der Waals surface area contributed by atoms with E-state index in [4.69, 9.17) is 20.9 Å². The Balaban J connectivity index is 1.94. The molecule has 0 radical (unpaired) electrons. The van der Waals surface area contributed by atoms with Gasteiger partial charge in [-0.05, 0) is 35.9 Å². The van der Waals surface area contributed by atoms with Gasteiger partial charge >= 0.3 is 0 Å². The van der Waals surface area contributed by atoms with Gasteiger partial charge in [0.25, 0.3) is 0 Å². The Labute approximate surface area is 156 Å². The molecule has 4 heteroatoms. The molecule has 4 aromatic rings. The summed E-state index contributed by atoms with van der Waals surface area (Å²) in [6.45, 7) is 0. The molecule has 4 rings (SSSR count). The second-order valence-electron chi connectivity index (χ2n) is 5.81. The van der Waals surface area contributed by atoms with Crippen molar-refractivity contribution in [1.29, 1.82) is 0 Å². The second-order valence-corrected chi connectivity index (χ2v) is 6.22.